The number of carboxylic acids is 1. The number of hydrogen-bond acceptors (Lipinski definition) is 4. The zero-order chi connectivity index (χ0) is 20.1. The molecule has 2 heterocycles. The van der Waals surface area contributed by atoms with Crippen LogP contribution in [0.4, 0.5) is 0 Å². The molecular weight excluding hydrogens is 354 g/mol. The minimum atomic E-state index is -0.795. The average molecular weight is 388 g/mol. The number of aromatic nitrogens is 3. The second-order valence-corrected chi connectivity index (χ2v) is 10.00. The van der Waals surface area contributed by atoms with Crippen molar-refractivity contribution in [2.45, 2.75) is 96.1 Å². The van der Waals surface area contributed by atoms with Crippen molar-refractivity contribution in [1.82, 2.24) is 14.8 Å². The highest BCUT2D eigenvalue weighted by molar-refractivity contribution is 5.67. The molecule has 2 fully saturated rings. The average Bonchev–Trinajstić information content (AvgIpc) is 3.26. The standard InChI is InChI=1S/C22H33N3O3/c1-13(2)7-14-8-15(9-14)20-23-24-21(25(20)17-5-6-17)16(11-19(26)27)10-18-12-22(3,4)28-18/h12-17H,5-11H2,1-4H3,(H,26,27). The zero-order valence-corrected chi connectivity index (χ0v) is 17.5. The van der Waals surface area contributed by atoms with Gasteiger partial charge in [0, 0.05) is 24.3 Å². The summed E-state index contributed by atoms with van der Waals surface area (Å²) in [5, 5.41) is 18.6. The third kappa shape index (κ3) is 4.11. The number of hydrogen-bond donors (Lipinski definition) is 1. The number of ether oxygens (including phenoxy) is 1. The maximum Gasteiger partial charge on any atom is 0.304 e. The van der Waals surface area contributed by atoms with E-state index >= 15 is 0 Å². The van der Waals surface area contributed by atoms with Gasteiger partial charge in [-0.2, -0.15) is 0 Å². The van der Waals surface area contributed by atoms with Gasteiger partial charge in [-0.05, 0) is 63.9 Å². The van der Waals surface area contributed by atoms with Crippen LogP contribution in [0.1, 0.15) is 102 Å². The van der Waals surface area contributed by atoms with Crippen molar-refractivity contribution in [3.63, 3.8) is 0 Å². The van der Waals surface area contributed by atoms with Crippen LogP contribution in [0, 0.1) is 11.8 Å². The lowest BCUT2D eigenvalue weighted by molar-refractivity contribution is -0.137. The molecule has 28 heavy (non-hydrogen) atoms. The topological polar surface area (TPSA) is 77.2 Å². The first kappa shape index (κ1) is 19.5. The Morgan fingerprint density at radius 1 is 1.32 bits per heavy atom. The summed E-state index contributed by atoms with van der Waals surface area (Å²) < 4.78 is 8.12. The first-order chi connectivity index (χ1) is 13.2. The van der Waals surface area contributed by atoms with Crippen molar-refractivity contribution in [2.24, 2.45) is 11.8 Å². The van der Waals surface area contributed by atoms with Crippen LogP contribution in [-0.2, 0) is 9.53 Å². The molecule has 2 aliphatic carbocycles. The Balaban J connectivity index is 1.54. The van der Waals surface area contributed by atoms with Crippen molar-refractivity contribution in [3.05, 3.63) is 23.5 Å². The highest BCUT2D eigenvalue weighted by Gasteiger charge is 2.40. The van der Waals surface area contributed by atoms with Crippen molar-refractivity contribution < 1.29 is 14.6 Å². The summed E-state index contributed by atoms with van der Waals surface area (Å²) in [4.78, 5) is 11.5. The van der Waals surface area contributed by atoms with E-state index < -0.39 is 5.97 Å². The molecule has 0 bridgehead atoms. The molecule has 1 atom stereocenters. The van der Waals surface area contributed by atoms with E-state index in [0.717, 1.165) is 42.1 Å². The highest BCUT2D eigenvalue weighted by Crippen LogP contribution is 2.48. The van der Waals surface area contributed by atoms with E-state index in [2.05, 4.69) is 34.7 Å². The Morgan fingerprint density at radius 3 is 2.54 bits per heavy atom. The third-order valence-corrected chi connectivity index (χ3v) is 6.20. The lowest BCUT2D eigenvalue weighted by Gasteiger charge is -2.36. The monoisotopic (exact) mass is 387 g/mol. The van der Waals surface area contributed by atoms with E-state index in [0.29, 0.717) is 18.4 Å². The molecule has 4 rings (SSSR count). The molecule has 1 aliphatic heterocycles. The normalized spacial score (nSPS) is 26.8. The largest absolute Gasteiger partial charge is 0.488 e. The van der Waals surface area contributed by atoms with Gasteiger partial charge in [0.25, 0.3) is 0 Å². The molecule has 1 aromatic rings. The van der Waals surface area contributed by atoms with Gasteiger partial charge in [-0.15, -0.1) is 10.2 Å². The molecular formula is C22H33N3O3. The summed E-state index contributed by atoms with van der Waals surface area (Å²) in [5.41, 5.74) is -0.240. The molecule has 154 valence electrons. The van der Waals surface area contributed by atoms with Gasteiger partial charge in [0.1, 0.15) is 17.2 Å². The Bertz CT molecular complexity index is 770. The van der Waals surface area contributed by atoms with Gasteiger partial charge >= 0.3 is 5.97 Å². The number of rotatable bonds is 9. The summed E-state index contributed by atoms with van der Waals surface area (Å²) in [7, 11) is 0. The summed E-state index contributed by atoms with van der Waals surface area (Å²) in [5.74, 6) is 3.85. The van der Waals surface area contributed by atoms with Crippen LogP contribution in [0.3, 0.4) is 0 Å². The zero-order valence-electron chi connectivity index (χ0n) is 17.5. The number of carbonyl (C=O) groups is 1. The Kier molecular flexibility index (Phi) is 5.00. The van der Waals surface area contributed by atoms with Crippen LogP contribution < -0.4 is 0 Å². The van der Waals surface area contributed by atoms with Crippen molar-refractivity contribution in [3.8, 4) is 0 Å². The van der Waals surface area contributed by atoms with E-state index in [9.17, 15) is 9.90 Å². The van der Waals surface area contributed by atoms with Gasteiger partial charge in [0.15, 0.2) is 0 Å². The van der Waals surface area contributed by atoms with Crippen LogP contribution >= 0.6 is 0 Å². The minimum Gasteiger partial charge on any atom is -0.488 e. The molecule has 1 N–H and O–H groups in total. The Labute approximate surface area is 167 Å². The first-order valence-electron chi connectivity index (χ1n) is 10.8. The second-order valence-electron chi connectivity index (χ2n) is 10.00. The van der Waals surface area contributed by atoms with Gasteiger partial charge in [-0.1, -0.05) is 13.8 Å². The number of aliphatic carboxylic acids is 1. The summed E-state index contributed by atoms with van der Waals surface area (Å²) in [6.45, 7) is 8.59. The molecule has 1 unspecified atom stereocenters. The van der Waals surface area contributed by atoms with Crippen molar-refractivity contribution in [2.75, 3.05) is 0 Å². The van der Waals surface area contributed by atoms with Crippen LogP contribution in [0.2, 0.25) is 0 Å². The number of nitrogens with zero attached hydrogens (tertiary/aromatic N) is 3. The Morgan fingerprint density at radius 2 is 2.00 bits per heavy atom. The van der Waals surface area contributed by atoms with E-state index in [1.165, 1.54) is 19.3 Å². The molecule has 3 aliphatic rings. The van der Waals surface area contributed by atoms with Crippen LogP contribution in [0.5, 0.6) is 0 Å². The Hall–Kier alpha value is -1.85. The number of allylic oxidation sites excluding steroid dienone is 1. The van der Waals surface area contributed by atoms with E-state index in [-0.39, 0.29) is 17.9 Å². The quantitative estimate of drug-likeness (QED) is 0.659. The molecule has 1 aromatic heterocycles. The molecule has 0 saturated heterocycles. The molecule has 0 spiro atoms. The summed E-state index contributed by atoms with van der Waals surface area (Å²) in [6, 6.07) is 0.452. The maximum atomic E-state index is 11.5. The van der Waals surface area contributed by atoms with Crippen LogP contribution in [0.15, 0.2) is 11.8 Å². The molecule has 0 amide bonds. The summed E-state index contributed by atoms with van der Waals surface area (Å²) >= 11 is 0. The van der Waals surface area contributed by atoms with Crippen LogP contribution in [0.25, 0.3) is 0 Å². The minimum absolute atomic E-state index is 0.0621. The molecule has 6 heteroatoms. The second kappa shape index (κ2) is 7.20. The molecule has 2 saturated carbocycles. The van der Waals surface area contributed by atoms with Gasteiger partial charge in [0.05, 0.1) is 12.2 Å². The smallest absolute Gasteiger partial charge is 0.304 e. The lowest BCUT2D eigenvalue weighted by atomic mass is 9.71. The van der Waals surface area contributed by atoms with Gasteiger partial charge < -0.3 is 14.4 Å². The molecule has 0 aromatic carbocycles. The van der Waals surface area contributed by atoms with Crippen LogP contribution in [-0.4, -0.2) is 31.4 Å². The third-order valence-electron chi connectivity index (χ3n) is 6.20. The fourth-order valence-corrected chi connectivity index (χ4v) is 4.92. The SMILES string of the molecule is CC(C)CC1CC(c2nnc(C(CC(=O)O)CC3=CC(C)(C)O3)n2C2CC2)C1. The molecule has 6 nitrogen and oxygen atoms in total. The summed E-state index contributed by atoms with van der Waals surface area (Å²) in [6.07, 6.45) is 8.68. The fourth-order valence-electron chi connectivity index (χ4n) is 4.92. The van der Waals surface area contributed by atoms with Gasteiger partial charge in [-0.3, -0.25) is 4.79 Å². The van der Waals surface area contributed by atoms with Crippen molar-refractivity contribution >= 4 is 5.97 Å². The molecule has 0 radical (unpaired) electrons. The maximum absolute atomic E-state index is 11.5. The predicted octanol–water partition coefficient (Wildman–Crippen LogP) is 4.79. The highest BCUT2D eigenvalue weighted by atomic mass is 16.5. The van der Waals surface area contributed by atoms with Gasteiger partial charge in [0.2, 0.25) is 0 Å². The fraction of sp³-hybridized carbons (Fsp3) is 0.773. The first-order valence-corrected chi connectivity index (χ1v) is 10.8. The van der Waals surface area contributed by atoms with E-state index in [1.54, 1.807) is 0 Å². The number of carboxylic acid groups (broad SMARTS) is 1. The van der Waals surface area contributed by atoms with E-state index in [4.69, 9.17) is 4.74 Å². The predicted molar refractivity (Wildman–Crippen MR) is 106 cm³/mol. The van der Waals surface area contributed by atoms with E-state index in [1.807, 2.05) is 13.8 Å². The van der Waals surface area contributed by atoms with Gasteiger partial charge in [-0.25, -0.2) is 0 Å². The lowest BCUT2D eigenvalue weighted by Crippen LogP contribution is -2.31. The van der Waals surface area contributed by atoms with Crippen molar-refractivity contribution in [1.29, 1.82) is 0 Å².